The second kappa shape index (κ2) is 7.97. The molecule has 0 aromatic heterocycles. The summed E-state index contributed by atoms with van der Waals surface area (Å²) < 4.78 is 0. The van der Waals surface area contributed by atoms with Crippen LogP contribution in [-0.4, -0.2) is 22.4 Å². The summed E-state index contributed by atoms with van der Waals surface area (Å²) in [5, 5.41) is 20.7. The molecule has 4 rings (SSSR count). The van der Waals surface area contributed by atoms with Gasteiger partial charge >= 0.3 is 0 Å². The Bertz CT molecular complexity index is 624. The molecule has 4 aliphatic carbocycles. The standard InChI is InChI=1S/C27H46O2/c1-17(2)7-6-8-18(3)21-11-12-22-20-10-9-19-15-24(28)25(29)16-27(19,5)23(20)13-14-26(21,22)4/h9,17-18,20-25,28-29H,6-8,10-16H2,1-5H3/t18-,20+,21-,22+,23+,24-,25-,26-,27+/m1/s1. The van der Waals surface area contributed by atoms with Gasteiger partial charge in [0.2, 0.25) is 0 Å². The molecule has 0 spiro atoms. The number of hydrogen-bond acceptors (Lipinski definition) is 2. The van der Waals surface area contributed by atoms with Gasteiger partial charge in [-0.2, -0.15) is 0 Å². The molecule has 29 heavy (non-hydrogen) atoms. The number of hydrogen-bond donors (Lipinski definition) is 2. The maximum absolute atomic E-state index is 10.5. The number of rotatable bonds is 5. The van der Waals surface area contributed by atoms with Crippen LogP contribution in [0.5, 0.6) is 0 Å². The lowest BCUT2D eigenvalue weighted by atomic mass is 9.46. The summed E-state index contributed by atoms with van der Waals surface area (Å²) in [6.45, 7) is 12.3. The molecule has 3 saturated carbocycles. The van der Waals surface area contributed by atoms with Crippen LogP contribution in [0.1, 0.15) is 98.8 Å². The molecule has 0 aliphatic heterocycles. The van der Waals surface area contributed by atoms with Crippen LogP contribution in [0.15, 0.2) is 11.6 Å². The molecule has 9 atom stereocenters. The van der Waals surface area contributed by atoms with Gasteiger partial charge in [-0.1, -0.05) is 65.5 Å². The van der Waals surface area contributed by atoms with E-state index < -0.39 is 12.2 Å². The molecule has 0 radical (unpaired) electrons. The zero-order valence-electron chi connectivity index (χ0n) is 19.7. The quantitative estimate of drug-likeness (QED) is 0.525. The fourth-order valence-electron chi connectivity index (χ4n) is 8.71. The third kappa shape index (κ3) is 3.65. The minimum atomic E-state index is -0.553. The molecule has 166 valence electrons. The molecule has 2 nitrogen and oxygen atoms in total. The fourth-order valence-corrected chi connectivity index (χ4v) is 8.71. The maximum atomic E-state index is 10.5. The molecule has 3 fully saturated rings. The molecule has 2 heteroatoms. The highest BCUT2D eigenvalue weighted by molar-refractivity contribution is 5.26. The van der Waals surface area contributed by atoms with Gasteiger partial charge in [0.05, 0.1) is 12.2 Å². The molecule has 0 amide bonds. The first-order valence-corrected chi connectivity index (χ1v) is 12.7. The lowest BCUT2D eigenvalue weighted by Gasteiger charge is -2.59. The van der Waals surface area contributed by atoms with Crippen molar-refractivity contribution in [1.82, 2.24) is 0 Å². The van der Waals surface area contributed by atoms with Crippen LogP contribution in [0.2, 0.25) is 0 Å². The fraction of sp³-hybridized carbons (Fsp3) is 0.926. The van der Waals surface area contributed by atoms with Crippen molar-refractivity contribution in [3.63, 3.8) is 0 Å². The number of aliphatic hydroxyl groups is 2. The Balaban J connectivity index is 1.50. The molecule has 0 aromatic rings. The normalized spacial score (nSPS) is 47.9. The molecule has 2 N–H and O–H groups in total. The smallest absolute Gasteiger partial charge is 0.0836 e. The summed E-state index contributed by atoms with van der Waals surface area (Å²) >= 11 is 0. The van der Waals surface area contributed by atoms with Gasteiger partial charge in [-0.05, 0) is 91.3 Å². The van der Waals surface area contributed by atoms with Gasteiger partial charge < -0.3 is 10.2 Å². The van der Waals surface area contributed by atoms with Crippen molar-refractivity contribution in [2.24, 2.45) is 46.3 Å². The Kier molecular flexibility index (Phi) is 6.01. The van der Waals surface area contributed by atoms with Gasteiger partial charge in [0.25, 0.3) is 0 Å². The van der Waals surface area contributed by atoms with Crippen molar-refractivity contribution in [3.8, 4) is 0 Å². The summed E-state index contributed by atoms with van der Waals surface area (Å²) in [7, 11) is 0. The molecular weight excluding hydrogens is 356 g/mol. The molecule has 0 bridgehead atoms. The second-order valence-electron chi connectivity index (χ2n) is 12.3. The van der Waals surface area contributed by atoms with E-state index in [-0.39, 0.29) is 5.41 Å². The largest absolute Gasteiger partial charge is 0.390 e. The van der Waals surface area contributed by atoms with E-state index >= 15 is 0 Å². The van der Waals surface area contributed by atoms with Crippen LogP contribution < -0.4 is 0 Å². The summed E-state index contributed by atoms with van der Waals surface area (Å²) in [5.74, 6) is 4.95. The third-order valence-corrected chi connectivity index (χ3v) is 10.3. The van der Waals surface area contributed by atoms with Crippen LogP contribution >= 0.6 is 0 Å². The molecule has 4 aliphatic rings. The van der Waals surface area contributed by atoms with Crippen LogP contribution in [-0.2, 0) is 0 Å². The first-order valence-electron chi connectivity index (χ1n) is 12.7. The van der Waals surface area contributed by atoms with E-state index in [0.29, 0.717) is 17.8 Å². The van der Waals surface area contributed by atoms with Crippen molar-refractivity contribution in [2.75, 3.05) is 0 Å². The van der Waals surface area contributed by atoms with Gasteiger partial charge in [-0.15, -0.1) is 0 Å². The Labute approximate surface area is 179 Å². The Hall–Kier alpha value is -0.340. The van der Waals surface area contributed by atoms with E-state index in [1.165, 1.54) is 56.9 Å². The Morgan fingerprint density at radius 1 is 1.00 bits per heavy atom. The first-order chi connectivity index (χ1) is 13.7. The van der Waals surface area contributed by atoms with Gasteiger partial charge in [0.1, 0.15) is 0 Å². The maximum Gasteiger partial charge on any atom is 0.0836 e. The highest BCUT2D eigenvalue weighted by Gasteiger charge is 2.59. The van der Waals surface area contributed by atoms with Crippen molar-refractivity contribution in [3.05, 3.63) is 11.6 Å². The average molecular weight is 403 g/mol. The molecule has 0 aromatic carbocycles. The highest BCUT2D eigenvalue weighted by atomic mass is 16.3. The van der Waals surface area contributed by atoms with E-state index in [4.69, 9.17) is 0 Å². The van der Waals surface area contributed by atoms with E-state index in [1.54, 1.807) is 0 Å². The van der Waals surface area contributed by atoms with Crippen molar-refractivity contribution < 1.29 is 10.2 Å². The SMILES string of the molecule is CC(C)CCC[C@@H](C)[C@H]1CC[C@H]2[C@@H]3CC=C4C[C@@H](O)[C@H](O)C[C@]4(C)[C@H]3CC[C@]12C. The monoisotopic (exact) mass is 402 g/mol. The zero-order chi connectivity index (χ0) is 21.0. The van der Waals surface area contributed by atoms with E-state index in [0.717, 1.165) is 36.0 Å². The van der Waals surface area contributed by atoms with E-state index in [9.17, 15) is 10.2 Å². The molecule has 0 saturated heterocycles. The lowest BCUT2D eigenvalue weighted by Crippen LogP contribution is -2.53. The van der Waals surface area contributed by atoms with Crippen LogP contribution in [0.25, 0.3) is 0 Å². The van der Waals surface area contributed by atoms with Crippen molar-refractivity contribution >= 4 is 0 Å². The van der Waals surface area contributed by atoms with Crippen LogP contribution in [0.3, 0.4) is 0 Å². The zero-order valence-corrected chi connectivity index (χ0v) is 19.7. The van der Waals surface area contributed by atoms with E-state index in [1.807, 2.05) is 0 Å². The highest BCUT2D eigenvalue weighted by Crippen LogP contribution is 2.67. The summed E-state index contributed by atoms with van der Waals surface area (Å²) in [5.41, 5.74) is 2.09. The average Bonchev–Trinajstić information content (AvgIpc) is 3.00. The molecular formula is C27H46O2. The number of fused-ring (bicyclic) bond motifs is 5. The molecule has 0 heterocycles. The topological polar surface area (TPSA) is 40.5 Å². The summed E-state index contributed by atoms with van der Waals surface area (Å²) in [4.78, 5) is 0. The minimum absolute atomic E-state index is 0.115. The van der Waals surface area contributed by atoms with Crippen LogP contribution in [0.4, 0.5) is 0 Å². The summed E-state index contributed by atoms with van der Waals surface area (Å²) in [6, 6.07) is 0. The van der Waals surface area contributed by atoms with Crippen molar-refractivity contribution in [2.45, 2.75) is 111 Å². The van der Waals surface area contributed by atoms with Gasteiger partial charge in [-0.25, -0.2) is 0 Å². The van der Waals surface area contributed by atoms with E-state index in [2.05, 4.69) is 40.7 Å². The number of allylic oxidation sites excluding steroid dienone is 1. The summed E-state index contributed by atoms with van der Waals surface area (Å²) in [6.07, 6.45) is 13.8. The van der Waals surface area contributed by atoms with Gasteiger partial charge in [0.15, 0.2) is 0 Å². The minimum Gasteiger partial charge on any atom is -0.390 e. The number of aliphatic hydroxyl groups excluding tert-OH is 2. The van der Waals surface area contributed by atoms with Crippen LogP contribution in [0, 0.1) is 46.3 Å². The molecule has 0 unspecified atom stereocenters. The van der Waals surface area contributed by atoms with Crippen molar-refractivity contribution in [1.29, 1.82) is 0 Å². The third-order valence-electron chi connectivity index (χ3n) is 10.3. The predicted octanol–water partition coefficient (Wildman–Crippen LogP) is 6.36. The second-order valence-corrected chi connectivity index (χ2v) is 12.3. The lowest BCUT2D eigenvalue weighted by molar-refractivity contribution is -0.0889. The Morgan fingerprint density at radius 3 is 2.48 bits per heavy atom. The first kappa shape index (κ1) is 21.9. The predicted molar refractivity (Wildman–Crippen MR) is 120 cm³/mol. The van der Waals surface area contributed by atoms with Gasteiger partial charge in [-0.3, -0.25) is 0 Å². The van der Waals surface area contributed by atoms with Gasteiger partial charge in [0, 0.05) is 0 Å². The Morgan fingerprint density at radius 2 is 1.76 bits per heavy atom.